The maximum atomic E-state index is 10.9. The number of non-ortho nitro benzene ring substituents is 1. The van der Waals surface area contributed by atoms with Crippen LogP contribution in [0.4, 0.5) is 5.69 Å². The normalized spacial score (nSPS) is 22.3. The van der Waals surface area contributed by atoms with Gasteiger partial charge in [-0.05, 0) is 23.7 Å². The molecule has 140 valence electrons. The van der Waals surface area contributed by atoms with Crippen molar-refractivity contribution in [1.82, 2.24) is 9.80 Å². The van der Waals surface area contributed by atoms with Gasteiger partial charge in [0.1, 0.15) is 0 Å². The Morgan fingerprint density at radius 3 is 2.27 bits per heavy atom. The van der Waals surface area contributed by atoms with Gasteiger partial charge in [-0.15, -0.1) is 24.8 Å². The Balaban J connectivity index is 0.00000121. The highest BCUT2D eigenvalue weighted by atomic mass is 35.5. The van der Waals surface area contributed by atoms with E-state index in [1.54, 1.807) is 12.1 Å². The molecule has 2 aliphatic rings. The summed E-state index contributed by atoms with van der Waals surface area (Å²) in [6.45, 7) is 4.20. The van der Waals surface area contributed by atoms with E-state index in [0.717, 1.165) is 31.7 Å². The van der Waals surface area contributed by atoms with Crippen LogP contribution in [0.1, 0.15) is 28.7 Å². The molecule has 5 nitrogen and oxygen atoms in total. The summed E-state index contributed by atoms with van der Waals surface area (Å²) in [5.41, 5.74) is 4.08. The smallest absolute Gasteiger partial charge is 0.269 e. The molecule has 0 saturated carbocycles. The number of nitrogens with zero attached hydrogens (tertiary/aromatic N) is 3. The van der Waals surface area contributed by atoms with Crippen LogP contribution in [0.3, 0.4) is 0 Å². The standard InChI is InChI=1S/C19H21N3O2.2ClH/c1-20-10-11-21-12-18(14-6-8-15(9-7-14)22(23)24)16-4-2-3-5-17(16)19(21)13-20;;/h2-9,18-19H,10-13H2,1H3;2*1H/t18-,19-;;/m1../s1. The summed E-state index contributed by atoms with van der Waals surface area (Å²) in [6, 6.07) is 16.2. The lowest BCUT2D eigenvalue weighted by atomic mass is 9.80. The van der Waals surface area contributed by atoms with Crippen molar-refractivity contribution in [3.05, 3.63) is 75.3 Å². The third-order valence-corrected chi connectivity index (χ3v) is 5.35. The van der Waals surface area contributed by atoms with E-state index in [9.17, 15) is 10.1 Å². The molecule has 2 aromatic rings. The van der Waals surface area contributed by atoms with Crippen LogP contribution in [0.2, 0.25) is 0 Å². The number of hydrogen-bond donors (Lipinski definition) is 0. The van der Waals surface area contributed by atoms with Crippen LogP contribution < -0.4 is 0 Å². The van der Waals surface area contributed by atoms with Crippen molar-refractivity contribution in [3.63, 3.8) is 0 Å². The van der Waals surface area contributed by atoms with Gasteiger partial charge in [-0.3, -0.25) is 15.0 Å². The first-order chi connectivity index (χ1) is 11.6. The highest BCUT2D eigenvalue weighted by Crippen LogP contribution is 2.40. The number of fused-ring (bicyclic) bond motifs is 3. The van der Waals surface area contributed by atoms with E-state index in [0.29, 0.717) is 6.04 Å². The number of likely N-dealkylation sites (N-methyl/N-ethyl adjacent to an activating group) is 1. The maximum absolute atomic E-state index is 10.9. The van der Waals surface area contributed by atoms with E-state index >= 15 is 0 Å². The Morgan fingerprint density at radius 2 is 1.62 bits per heavy atom. The number of rotatable bonds is 2. The lowest BCUT2D eigenvalue weighted by molar-refractivity contribution is -0.384. The average molecular weight is 396 g/mol. The number of halogens is 2. The van der Waals surface area contributed by atoms with E-state index < -0.39 is 0 Å². The van der Waals surface area contributed by atoms with Gasteiger partial charge in [0, 0.05) is 50.3 Å². The molecule has 2 atom stereocenters. The van der Waals surface area contributed by atoms with E-state index in [2.05, 4.69) is 41.1 Å². The zero-order valence-electron chi connectivity index (χ0n) is 14.6. The second-order valence-corrected chi connectivity index (χ2v) is 6.80. The van der Waals surface area contributed by atoms with Crippen molar-refractivity contribution in [2.24, 2.45) is 0 Å². The number of nitro benzene ring substituents is 1. The van der Waals surface area contributed by atoms with Gasteiger partial charge in [-0.25, -0.2) is 0 Å². The van der Waals surface area contributed by atoms with Crippen molar-refractivity contribution >= 4 is 30.5 Å². The molecule has 4 rings (SSSR count). The van der Waals surface area contributed by atoms with Crippen LogP contribution in [-0.2, 0) is 0 Å². The van der Waals surface area contributed by atoms with Gasteiger partial charge in [-0.1, -0.05) is 36.4 Å². The van der Waals surface area contributed by atoms with Crippen LogP contribution in [0.5, 0.6) is 0 Å². The van der Waals surface area contributed by atoms with Crippen molar-refractivity contribution in [3.8, 4) is 0 Å². The topological polar surface area (TPSA) is 49.6 Å². The van der Waals surface area contributed by atoms with Gasteiger partial charge in [0.05, 0.1) is 4.92 Å². The number of benzene rings is 2. The van der Waals surface area contributed by atoms with Crippen molar-refractivity contribution in [2.45, 2.75) is 12.0 Å². The second-order valence-electron chi connectivity index (χ2n) is 6.80. The van der Waals surface area contributed by atoms with Crippen LogP contribution in [0.25, 0.3) is 0 Å². The highest BCUT2D eigenvalue weighted by molar-refractivity contribution is 5.85. The third kappa shape index (κ3) is 3.71. The summed E-state index contributed by atoms with van der Waals surface area (Å²) >= 11 is 0. The van der Waals surface area contributed by atoms with Crippen LogP contribution in [0, 0.1) is 10.1 Å². The van der Waals surface area contributed by atoms with Gasteiger partial charge < -0.3 is 4.90 Å². The van der Waals surface area contributed by atoms with Crippen molar-refractivity contribution < 1.29 is 4.92 Å². The first kappa shape index (κ1) is 20.6. The molecule has 2 aliphatic heterocycles. The molecule has 0 aromatic heterocycles. The molecule has 0 N–H and O–H groups in total. The summed E-state index contributed by atoms with van der Waals surface area (Å²) in [7, 11) is 2.18. The first-order valence-corrected chi connectivity index (χ1v) is 8.39. The van der Waals surface area contributed by atoms with E-state index in [-0.39, 0.29) is 41.3 Å². The largest absolute Gasteiger partial charge is 0.303 e. The van der Waals surface area contributed by atoms with Crippen LogP contribution in [0.15, 0.2) is 48.5 Å². The molecule has 0 amide bonds. The molecule has 1 saturated heterocycles. The molecular formula is C19H23Cl2N3O2. The molecule has 2 heterocycles. The summed E-state index contributed by atoms with van der Waals surface area (Å²) in [4.78, 5) is 15.5. The summed E-state index contributed by atoms with van der Waals surface area (Å²) < 4.78 is 0. The fourth-order valence-electron chi connectivity index (χ4n) is 4.05. The predicted molar refractivity (Wildman–Crippen MR) is 108 cm³/mol. The number of piperazine rings is 1. The predicted octanol–water partition coefficient (Wildman–Crippen LogP) is 3.87. The maximum Gasteiger partial charge on any atom is 0.269 e. The van der Waals surface area contributed by atoms with E-state index in [1.165, 1.54) is 11.1 Å². The fourth-order valence-corrected chi connectivity index (χ4v) is 4.05. The minimum atomic E-state index is -0.338. The van der Waals surface area contributed by atoms with Crippen molar-refractivity contribution in [1.29, 1.82) is 0 Å². The Labute approximate surface area is 166 Å². The molecule has 0 aliphatic carbocycles. The summed E-state index contributed by atoms with van der Waals surface area (Å²) in [5.74, 6) is 0.279. The van der Waals surface area contributed by atoms with Crippen molar-refractivity contribution in [2.75, 3.05) is 33.2 Å². The number of nitro groups is 1. The molecule has 0 unspecified atom stereocenters. The zero-order valence-corrected chi connectivity index (χ0v) is 16.2. The lowest BCUT2D eigenvalue weighted by Crippen LogP contribution is -2.50. The summed E-state index contributed by atoms with van der Waals surface area (Å²) in [6.07, 6.45) is 0. The molecule has 0 radical (unpaired) electrons. The fraction of sp³-hybridized carbons (Fsp3) is 0.368. The Kier molecular flexibility index (Phi) is 6.64. The van der Waals surface area contributed by atoms with Gasteiger partial charge in [0.25, 0.3) is 5.69 Å². The van der Waals surface area contributed by atoms with Crippen LogP contribution >= 0.6 is 24.8 Å². The average Bonchev–Trinajstić information content (AvgIpc) is 2.61. The number of hydrogen-bond acceptors (Lipinski definition) is 4. The Bertz CT molecular complexity index is 770. The SMILES string of the molecule is CN1CCN2C[C@H](c3ccc([N+](=O)[O-])cc3)c3ccccc3[C@H]2C1.Cl.Cl. The lowest BCUT2D eigenvalue weighted by Gasteiger charge is -2.46. The minimum absolute atomic E-state index is 0. The van der Waals surface area contributed by atoms with E-state index in [4.69, 9.17) is 0 Å². The minimum Gasteiger partial charge on any atom is -0.303 e. The highest BCUT2D eigenvalue weighted by Gasteiger charge is 2.36. The van der Waals surface area contributed by atoms with Gasteiger partial charge in [-0.2, -0.15) is 0 Å². The molecule has 1 fully saturated rings. The molecule has 0 spiro atoms. The van der Waals surface area contributed by atoms with Gasteiger partial charge >= 0.3 is 0 Å². The Morgan fingerprint density at radius 1 is 0.962 bits per heavy atom. The molecule has 26 heavy (non-hydrogen) atoms. The molecule has 7 heteroatoms. The monoisotopic (exact) mass is 395 g/mol. The quantitative estimate of drug-likeness (QED) is 0.571. The molecule has 0 bridgehead atoms. The second kappa shape index (κ2) is 8.35. The Hall–Kier alpha value is -1.66. The summed E-state index contributed by atoms with van der Waals surface area (Å²) in [5, 5.41) is 10.9. The first-order valence-electron chi connectivity index (χ1n) is 8.39. The van der Waals surface area contributed by atoms with Gasteiger partial charge in [0.15, 0.2) is 0 Å². The third-order valence-electron chi connectivity index (χ3n) is 5.35. The molecule has 2 aromatic carbocycles. The van der Waals surface area contributed by atoms with Crippen LogP contribution in [-0.4, -0.2) is 47.9 Å². The van der Waals surface area contributed by atoms with E-state index in [1.807, 2.05) is 12.1 Å². The molecular weight excluding hydrogens is 373 g/mol. The van der Waals surface area contributed by atoms with Gasteiger partial charge in [0.2, 0.25) is 0 Å². The zero-order chi connectivity index (χ0) is 16.7.